The zero-order chi connectivity index (χ0) is 21.6. The second-order valence-corrected chi connectivity index (χ2v) is 7.18. The van der Waals surface area contributed by atoms with E-state index in [1.54, 1.807) is 48.5 Å². The van der Waals surface area contributed by atoms with Crippen molar-refractivity contribution in [1.82, 2.24) is 0 Å². The Balaban J connectivity index is 1.59. The van der Waals surface area contributed by atoms with Gasteiger partial charge in [0.1, 0.15) is 5.75 Å². The van der Waals surface area contributed by atoms with Crippen LogP contribution in [0, 0.1) is 0 Å². The summed E-state index contributed by atoms with van der Waals surface area (Å²) in [6.07, 6.45) is -4.77. The van der Waals surface area contributed by atoms with Gasteiger partial charge in [-0.3, -0.25) is 9.59 Å². The van der Waals surface area contributed by atoms with Crippen LogP contribution in [0.1, 0.15) is 20.7 Å². The Morgan fingerprint density at radius 2 is 1.53 bits per heavy atom. The number of ether oxygens (including phenoxy) is 1. The number of rotatable bonds is 7. The molecule has 0 fully saturated rings. The summed E-state index contributed by atoms with van der Waals surface area (Å²) in [5.41, 5.74) is 1.31. The lowest BCUT2D eigenvalue weighted by molar-refractivity contribution is -0.274. The number of benzene rings is 3. The molecule has 1 N–H and O–H groups in total. The summed E-state index contributed by atoms with van der Waals surface area (Å²) in [6.45, 7) is 0. The first-order chi connectivity index (χ1) is 14.3. The van der Waals surface area contributed by atoms with Crippen molar-refractivity contribution in [1.29, 1.82) is 0 Å². The van der Waals surface area contributed by atoms with E-state index in [0.29, 0.717) is 16.8 Å². The van der Waals surface area contributed by atoms with Crippen molar-refractivity contribution in [3.8, 4) is 5.75 Å². The number of nitrogens with one attached hydrogen (secondary N) is 1. The predicted octanol–water partition coefficient (Wildman–Crippen LogP) is 5.81. The van der Waals surface area contributed by atoms with Gasteiger partial charge in [0.15, 0.2) is 5.78 Å². The van der Waals surface area contributed by atoms with Crippen molar-refractivity contribution in [3.63, 3.8) is 0 Å². The van der Waals surface area contributed by atoms with Crippen molar-refractivity contribution in [2.75, 3.05) is 11.1 Å². The van der Waals surface area contributed by atoms with Gasteiger partial charge < -0.3 is 10.1 Å². The largest absolute Gasteiger partial charge is 0.573 e. The lowest BCUT2D eigenvalue weighted by Gasteiger charge is -2.10. The third-order valence-electron chi connectivity index (χ3n) is 3.91. The zero-order valence-corrected chi connectivity index (χ0v) is 16.3. The van der Waals surface area contributed by atoms with Crippen molar-refractivity contribution in [2.45, 2.75) is 11.3 Å². The fourth-order valence-corrected chi connectivity index (χ4v) is 3.38. The normalized spacial score (nSPS) is 11.0. The third-order valence-corrected chi connectivity index (χ3v) is 4.90. The number of Topliss-reactive ketones (excluding diaryl/α,β-unsaturated/α-hetero) is 1. The van der Waals surface area contributed by atoms with Crippen LogP contribution < -0.4 is 10.1 Å². The summed E-state index contributed by atoms with van der Waals surface area (Å²) >= 11 is 1.32. The van der Waals surface area contributed by atoms with E-state index in [2.05, 4.69) is 10.1 Å². The molecule has 0 aliphatic rings. The number of carbonyl (C=O) groups excluding carboxylic acids is 2. The van der Waals surface area contributed by atoms with Crippen LogP contribution in [0.4, 0.5) is 18.9 Å². The van der Waals surface area contributed by atoms with Crippen LogP contribution in [0.15, 0.2) is 83.8 Å². The van der Waals surface area contributed by atoms with Crippen LogP contribution in [-0.2, 0) is 0 Å². The van der Waals surface area contributed by atoms with Crippen LogP contribution >= 0.6 is 11.8 Å². The summed E-state index contributed by atoms with van der Waals surface area (Å²) in [5.74, 6) is -0.578. The summed E-state index contributed by atoms with van der Waals surface area (Å²) in [4.78, 5) is 25.4. The van der Waals surface area contributed by atoms with E-state index < -0.39 is 12.3 Å². The number of halogens is 3. The Kier molecular flexibility index (Phi) is 6.79. The second-order valence-electron chi connectivity index (χ2n) is 6.13. The highest BCUT2D eigenvalue weighted by Gasteiger charge is 2.30. The van der Waals surface area contributed by atoms with Gasteiger partial charge in [-0.15, -0.1) is 24.9 Å². The predicted molar refractivity (Wildman–Crippen MR) is 109 cm³/mol. The molecule has 4 nitrogen and oxygen atoms in total. The van der Waals surface area contributed by atoms with E-state index >= 15 is 0 Å². The molecule has 3 rings (SSSR count). The molecule has 8 heteroatoms. The van der Waals surface area contributed by atoms with Gasteiger partial charge in [0.2, 0.25) is 0 Å². The maximum Gasteiger partial charge on any atom is 0.573 e. The molecular weight excluding hydrogens is 415 g/mol. The van der Waals surface area contributed by atoms with E-state index in [-0.39, 0.29) is 17.3 Å². The van der Waals surface area contributed by atoms with Crippen LogP contribution in [0.5, 0.6) is 5.75 Å². The van der Waals surface area contributed by atoms with E-state index in [1.165, 1.54) is 23.9 Å². The van der Waals surface area contributed by atoms with Crippen molar-refractivity contribution >= 4 is 29.1 Å². The molecule has 0 bridgehead atoms. The molecule has 0 heterocycles. The Labute approximate surface area is 175 Å². The van der Waals surface area contributed by atoms with E-state index in [1.807, 2.05) is 6.07 Å². The summed E-state index contributed by atoms with van der Waals surface area (Å²) in [6, 6.07) is 20.5. The van der Waals surface area contributed by atoms with Gasteiger partial charge in [-0.05, 0) is 42.5 Å². The van der Waals surface area contributed by atoms with Crippen molar-refractivity contribution in [3.05, 3.63) is 90.0 Å². The van der Waals surface area contributed by atoms with Gasteiger partial charge in [0.25, 0.3) is 5.91 Å². The molecule has 0 atom stereocenters. The molecule has 0 aliphatic heterocycles. The molecule has 3 aromatic carbocycles. The van der Waals surface area contributed by atoms with Gasteiger partial charge in [-0.1, -0.05) is 36.4 Å². The quantitative estimate of drug-likeness (QED) is 0.379. The molecule has 0 unspecified atom stereocenters. The highest BCUT2D eigenvalue weighted by Crippen LogP contribution is 2.25. The fraction of sp³-hybridized carbons (Fsp3) is 0.0909. The molecule has 0 saturated carbocycles. The molecule has 0 saturated heterocycles. The minimum atomic E-state index is -4.77. The lowest BCUT2D eigenvalue weighted by atomic mass is 10.2. The number of hydrogen-bond acceptors (Lipinski definition) is 4. The number of amides is 1. The van der Waals surface area contributed by atoms with Crippen LogP contribution in [-0.4, -0.2) is 23.8 Å². The topological polar surface area (TPSA) is 55.4 Å². The van der Waals surface area contributed by atoms with E-state index in [9.17, 15) is 22.8 Å². The van der Waals surface area contributed by atoms with Crippen LogP contribution in [0.3, 0.4) is 0 Å². The SMILES string of the molecule is O=C(CSc1cccc(C(=O)Nc2ccc(OC(F)(F)F)cc2)c1)c1ccccc1. The molecule has 0 aliphatic carbocycles. The number of thioether (sulfide) groups is 1. The smallest absolute Gasteiger partial charge is 0.406 e. The third kappa shape index (κ3) is 6.38. The number of ketones is 1. The first-order valence-corrected chi connectivity index (χ1v) is 9.77. The average Bonchev–Trinajstić information content (AvgIpc) is 2.73. The Morgan fingerprint density at radius 1 is 0.867 bits per heavy atom. The summed E-state index contributed by atoms with van der Waals surface area (Å²) in [7, 11) is 0. The molecule has 3 aromatic rings. The van der Waals surface area contributed by atoms with Gasteiger partial charge in [-0.25, -0.2) is 0 Å². The maximum absolute atomic E-state index is 12.4. The van der Waals surface area contributed by atoms with Gasteiger partial charge in [0.05, 0.1) is 5.75 Å². The number of alkyl halides is 3. The molecule has 154 valence electrons. The first-order valence-electron chi connectivity index (χ1n) is 8.78. The van der Waals surface area contributed by atoms with Crippen molar-refractivity contribution in [2.24, 2.45) is 0 Å². The number of hydrogen-bond donors (Lipinski definition) is 1. The summed E-state index contributed by atoms with van der Waals surface area (Å²) < 4.78 is 40.4. The highest BCUT2D eigenvalue weighted by atomic mass is 32.2. The van der Waals surface area contributed by atoms with Gasteiger partial charge in [0, 0.05) is 21.7 Å². The van der Waals surface area contributed by atoms with E-state index in [4.69, 9.17) is 0 Å². The molecular formula is C22H16F3NO3S. The molecule has 30 heavy (non-hydrogen) atoms. The molecule has 0 radical (unpaired) electrons. The monoisotopic (exact) mass is 431 g/mol. The highest BCUT2D eigenvalue weighted by molar-refractivity contribution is 8.00. The number of carbonyl (C=O) groups is 2. The van der Waals surface area contributed by atoms with Crippen LogP contribution in [0.25, 0.3) is 0 Å². The fourth-order valence-electron chi connectivity index (χ4n) is 2.53. The minimum absolute atomic E-state index is 0.0170. The Bertz CT molecular complexity index is 1020. The molecule has 0 spiro atoms. The average molecular weight is 431 g/mol. The minimum Gasteiger partial charge on any atom is -0.406 e. The Morgan fingerprint density at radius 3 is 2.20 bits per heavy atom. The van der Waals surface area contributed by atoms with Crippen LogP contribution in [0.2, 0.25) is 0 Å². The lowest BCUT2D eigenvalue weighted by Crippen LogP contribution is -2.17. The first kappa shape index (κ1) is 21.4. The molecule has 1 amide bonds. The Hall–Kier alpha value is -3.26. The number of anilines is 1. The maximum atomic E-state index is 12.4. The summed E-state index contributed by atoms with van der Waals surface area (Å²) in [5, 5.41) is 2.61. The van der Waals surface area contributed by atoms with Gasteiger partial charge in [-0.2, -0.15) is 0 Å². The van der Waals surface area contributed by atoms with Crippen molar-refractivity contribution < 1.29 is 27.5 Å². The van der Waals surface area contributed by atoms with Gasteiger partial charge >= 0.3 is 6.36 Å². The molecule has 0 aromatic heterocycles. The second kappa shape index (κ2) is 9.49. The zero-order valence-electron chi connectivity index (χ0n) is 15.5. The standard InChI is InChI=1S/C22H16F3NO3S/c23-22(24,25)29-18-11-9-17(10-12-18)26-21(28)16-7-4-8-19(13-16)30-14-20(27)15-5-2-1-3-6-15/h1-13H,14H2,(H,26,28). The van der Waals surface area contributed by atoms with E-state index in [0.717, 1.165) is 17.0 Å².